The van der Waals surface area contributed by atoms with E-state index in [2.05, 4.69) is 17.0 Å². The molecule has 0 radical (unpaired) electrons. The van der Waals surface area contributed by atoms with Crippen molar-refractivity contribution >= 4 is 12.0 Å². The Morgan fingerprint density at radius 1 is 1.35 bits per heavy atom. The first-order valence-electron chi connectivity index (χ1n) is 6.23. The molecule has 2 amide bonds. The van der Waals surface area contributed by atoms with Gasteiger partial charge < -0.3 is 15.0 Å². The van der Waals surface area contributed by atoms with Gasteiger partial charge in [-0.1, -0.05) is 6.92 Å². The van der Waals surface area contributed by atoms with Crippen molar-refractivity contribution in [2.24, 2.45) is 11.8 Å². The van der Waals surface area contributed by atoms with Gasteiger partial charge in [-0.15, -0.1) is 0 Å². The second kappa shape index (κ2) is 4.94. The topological polar surface area (TPSA) is 58.6 Å². The van der Waals surface area contributed by atoms with E-state index in [4.69, 9.17) is 0 Å². The summed E-state index contributed by atoms with van der Waals surface area (Å²) in [4.78, 5) is 25.0. The molecule has 1 saturated carbocycles. The summed E-state index contributed by atoms with van der Waals surface area (Å²) in [5.74, 6) is 0.989. The van der Waals surface area contributed by atoms with Gasteiger partial charge in [0.1, 0.15) is 0 Å². The van der Waals surface area contributed by atoms with Gasteiger partial charge in [-0.2, -0.15) is 0 Å². The molecule has 5 heteroatoms. The summed E-state index contributed by atoms with van der Waals surface area (Å²) in [6.07, 6.45) is 2.20. The Balaban J connectivity index is 1.72. The van der Waals surface area contributed by atoms with Gasteiger partial charge >= 0.3 is 6.09 Å². The van der Waals surface area contributed by atoms with Crippen LogP contribution in [0.1, 0.15) is 26.2 Å². The molecule has 1 heterocycles. The van der Waals surface area contributed by atoms with Crippen LogP contribution >= 0.6 is 0 Å². The smallest absolute Gasteiger partial charge is 0.407 e. The molecular formula is C12H20N2O3. The van der Waals surface area contributed by atoms with Crippen molar-refractivity contribution in [1.82, 2.24) is 10.2 Å². The molecule has 1 aliphatic carbocycles. The van der Waals surface area contributed by atoms with Gasteiger partial charge in [-0.05, 0) is 25.2 Å². The SMILES string of the molecule is COC(=O)NC1CC(C(=O)N2CCC(C)C2)C1. The average molecular weight is 240 g/mol. The fourth-order valence-electron chi connectivity index (χ4n) is 2.56. The molecule has 0 spiro atoms. The molecule has 1 unspecified atom stereocenters. The van der Waals surface area contributed by atoms with Crippen molar-refractivity contribution in [2.75, 3.05) is 20.2 Å². The highest BCUT2D eigenvalue weighted by molar-refractivity contribution is 5.80. The Kier molecular flexibility index (Phi) is 3.54. The molecule has 5 nitrogen and oxygen atoms in total. The Morgan fingerprint density at radius 2 is 2.06 bits per heavy atom. The van der Waals surface area contributed by atoms with Crippen LogP contribution in [-0.2, 0) is 9.53 Å². The highest BCUT2D eigenvalue weighted by atomic mass is 16.5. The number of nitrogens with one attached hydrogen (secondary N) is 1. The first-order valence-corrected chi connectivity index (χ1v) is 6.23. The van der Waals surface area contributed by atoms with Crippen molar-refractivity contribution in [1.29, 1.82) is 0 Å². The summed E-state index contributed by atoms with van der Waals surface area (Å²) in [5.41, 5.74) is 0. The highest BCUT2D eigenvalue weighted by Crippen LogP contribution is 2.31. The molecule has 2 aliphatic rings. The number of carbonyl (C=O) groups excluding carboxylic acids is 2. The average Bonchev–Trinajstić information content (AvgIpc) is 2.68. The van der Waals surface area contributed by atoms with Crippen molar-refractivity contribution < 1.29 is 14.3 Å². The summed E-state index contributed by atoms with van der Waals surface area (Å²) in [6.45, 7) is 3.96. The maximum Gasteiger partial charge on any atom is 0.407 e. The summed E-state index contributed by atoms with van der Waals surface area (Å²) in [7, 11) is 1.35. The molecule has 0 aromatic carbocycles. The molecule has 2 rings (SSSR count). The number of carbonyl (C=O) groups is 2. The third-order valence-corrected chi connectivity index (χ3v) is 3.73. The van der Waals surface area contributed by atoms with Crippen LogP contribution in [0.25, 0.3) is 0 Å². The maximum atomic E-state index is 12.1. The third-order valence-electron chi connectivity index (χ3n) is 3.73. The van der Waals surface area contributed by atoms with E-state index >= 15 is 0 Å². The summed E-state index contributed by atoms with van der Waals surface area (Å²) in [5, 5.41) is 2.72. The number of nitrogens with zero attached hydrogens (tertiary/aromatic N) is 1. The third kappa shape index (κ3) is 2.70. The van der Waals surface area contributed by atoms with Gasteiger partial charge in [0, 0.05) is 25.0 Å². The molecule has 1 atom stereocenters. The normalized spacial score (nSPS) is 31.9. The zero-order valence-corrected chi connectivity index (χ0v) is 10.4. The van der Waals surface area contributed by atoms with Crippen molar-refractivity contribution in [3.63, 3.8) is 0 Å². The van der Waals surface area contributed by atoms with Crippen molar-refractivity contribution in [2.45, 2.75) is 32.2 Å². The minimum absolute atomic E-state index is 0.0995. The highest BCUT2D eigenvalue weighted by Gasteiger charge is 2.39. The second-order valence-corrected chi connectivity index (χ2v) is 5.18. The minimum Gasteiger partial charge on any atom is -0.453 e. The molecule has 96 valence electrons. The van der Waals surface area contributed by atoms with Crippen LogP contribution in [0.2, 0.25) is 0 Å². The van der Waals surface area contributed by atoms with Gasteiger partial charge in [-0.25, -0.2) is 4.79 Å². The lowest BCUT2D eigenvalue weighted by Gasteiger charge is -2.36. The standard InChI is InChI=1S/C12H20N2O3/c1-8-3-4-14(7-8)11(15)9-5-10(6-9)13-12(16)17-2/h8-10H,3-7H2,1-2H3,(H,13,16). The lowest BCUT2D eigenvalue weighted by Crippen LogP contribution is -2.50. The lowest BCUT2D eigenvalue weighted by molar-refractivity contribution is -0.138. The van der Waals surface area contributed by atoms with E-state index in [1.807, 2.05) is 4.90 Å². The van der Waals surface area contributed by atoms with Crippen LogP contribution in [-0.4, -0.2) is 43.1 Å². The largest absolute Gasteiger partial charge is 0.453 e. The lowest BCUT2D eigenvalue weighted by atomic mass is 9.79. The maximum absolute atomic E-state index is 12.1. The van der Waals surface area contributed by atoms with Crippen LogP contribution in [0.15, 0.2) is 0 Å². The van der Waals surface area contributed by atoms with Crippen LogP contribution in [0.4, 0.5) is 4.79 Å². The van der Waals surface area contributed by atoms with Crippen LogP contribution in [0.3, 0.4) is 0 Å². The monoisotopic (exact) mass is 240 g/mol. The molecular weight excluding hydrogens is 220 g/mol. The van der Waals surface area contributed by atoms with Gasteiger partial charge in [0.2, 0.25) is 5.91 Å². The second-order valence-electron chi connectivity index (χ2n) is 5.18. The van der Waals surface area contributed by atoms with Gasteiger partial charge in [0.25, 0.3) is 0 Å². The summed E-state index contributed by atoms with van der Waals surface area (Å²) >= 11 is 0. The zero-order chi connectivity index (χ0) is 12.4. The molecule has 1 N–H and O–H groups in total. The predicted octanol–water partition coefficient (Wildman–Crippen LogP) is 0.989. The number of alkyl carbamates (subject to hydrolysis) is 1. The minimum atomic E-state index is -0.407. The quantitative estimate of drug-likeness (QED) is 0.783. The van der Waals surface area contributed by atoms with E-state index in [0.29, 0.717) is 5.92 Å². The van der Waals surface area contributed by atoms with E-state index in [1.54, 1.807) is 0 Å². The van der Waals surface area contributed by atoms with Crippen molar-refractivity contribution in [3.8, 4) is 0 Å². The van der Waals surface area contributed by atoms with Crippen molar-refractivity contribution in [3.05, 3.63) is 0 Å². The number of hydrogen-bond donors (Lipinski definition) is 1. The Morgan fingerprint density at radius 3 is 2.59 bits per heavy atom. The van der Waals surface area contributed by atoms with Crippen LogP contribution < -0.4 is 5.32 Å². The van der Waals surface area contributed by atoms with E-state index in [9.17, 15) is 9.59 Å². The Hall–Kier alpha value is -1.26. The molecule has 2 fully saturated rings. The number of methoxy groups -OCH3 is 1. The van der Waals surface area contributed by atoms with E-state index in [0.717, 1.165) is 32.4 Å². The van der Waals surface area contributed by atoms with Gasteiger partial charge in [0.05, 0.1) is 7.11 Å². The Bertz CT molecular complexity index is 313. The summed E-state index contributed by atoms with van der Waals surface area (Å²) < 4.78 is 4.52. The number of likely N-dealkylation sites (tertiary alicyclic amines) is 1. The predicted molar refractivity (Wildman–Crippen MR) is 62.4 cm³/mol. The molecule has 0 bridgehead atoms. The first kappa shape index (κ1) is 12.2. The number of amides is 2. The molecule has 1 aliphatic heterocycles. The molecule has 17 heavy (non-hydrogen) atoms. The number of rotatable bonds is 2. The van der Waals surface area contributed by atoms with E-state index in [1.165, 1.54) is 7.11 Å². The number of ether oxygens (including phenoxy) is 1. The molecule has 1 saturated heterocycles. The van der Waals surface area contributed by atoms with E-state index < -0.39 is 6.09 Å². The van der Waals surface area contributed by atoms with E-state index in [-0.39, 0.29) is 17.9 Å². The fourth-order valence-corrected chi connectivity index (χ4v) is 2.56. The number of hydrogen-bond acceptors (Lipinski definition) is 3. The zero-order valence-electron chi connectivity index (χ0n) is 10.4. The molecule has 0 aromatic heterocycles. The molecule has 0 aromatic rings. The fraction of sp³-hybridized carbons (Fsp3) is 0.833. The Labute approximate surface area is 101 Å². The van der Waals surface area contributed by atoms with Crippen LogP contribution in [0.5, 0.6) is 0 Å². The van der Waals surface area contributed by atoms with Gasteiger partial charge in [-0.3, -0.25) is 4.79 Å². The van der Waals surface area contributed by atoms with Crippen LogP contribution in [0, 0.1) is 11.8 Å². The first-order chi connectivity index (χ1) is 8.10. The summed E-state index contributed by atoms with van der Waals surface area (Å²) in [6, 6.07) is 0.108. The van der Waals surface area contributed by atoms with Gasteiger partial charge in [0.15, 0.2) is 0 Å².